The lowest BCUT2D eigenvalue weighted by molar-refractivity contribution is -0.255. The van der Waals surface area contributed by atoms with E-state index in [-0.39, 0.29) is 47.8 Å². The van der Waals surface area contributed by atoms with Gasteiger partial charge in [-0.25, -0.2) is 0 Å². The molecule has 37 heavy (non-hydrogen) atoms. The lowest BCUT2D eigenvalue weighted by Gasteiger charge is -2.23. The first-order valence-electron chi connectivity index (χ1n) is 12.1. The Kier molecular flexibility index (Phi) is 7.10. The molecule has 4 unspecified atom stereocenters. The number of ketones is 1. The first-order chi connectivity index (χ1) is 17.9. The SMILES string of the molecule is O=C(C=CC1C(c2ccccc2-c2ccc(C(=O)[O-])cc2)CC2OC(=O)CC21)COc1cccc(Cl)c1. The van der Waals surface area contributed by atoms with Gasteiger partial charge in [0.05, 0.1) is 12.4 Å². The average molecular weight is 516 g/mol. The van der Waals surface area contributed by atoms with Crippen LogP contribution in [-0.2, 0) is 14.3 Å². The van der Waals surface area contributed by atoms with Gasteiger partial charge in [-0.3, -0.25) is 9.59 Å². The molecule has 1 aliphatic carbocycles. The summed E-state index contributed by atoms with van der Waals surface area (Å²) in [6.45, 7) is -0.126. The van der Waals surface area contributed by atoms with Gasteiger partial charge < -0.3 is 19.4 Å². The smallest absolute Gasteiger partial charge is 0.306 e. The second kappa shape index (κ2) is 10.6. The molecule has 1 heterocycles. The molecule has 2 aliphatic rings. The fraction of sp³-hybridized carbons (Fsp3) is 0.233. The highest BCUT2D eigenvalue weighted by molar-refractivity contribution is 6.30. The number of fused-ring (bicyclic) bond motifs is 1. The van der Waals surface area contributed by atoms with Crippen LogP contribution in [0.2, 0.25) is 5.02 Å². The highest BCUT2D eigenvalue weighted by atomic mass is 35.5. The van der Waals surface area contributed by atoms with Crippen LogP contribution in [0.5, 0.6) is 5.75 Å². The quantitative estimate of drug-likeness (QED) is 0.321. The molecule has 3 aromatic rings. The number of aromatic carboxylic acids is 1. The minimum atomic E-state index is -1.22. The van der Waals surface area contributed by atoms with Gasteiger partial charge in [0.15, 0.2) is 12.4 Å². The Morgan fingerprint density at radius 1 is 1.05 bits per heavy atom. The molecule has 1 saturated heterocycles. The van der Waals surface area contributed by atoms with Crippen LogP contribution >= 0.6 is 11.6 Å². The van der Waals surface area contributed by atoms with Crippen molar-refractivity contribution >= 4 is 29.3 Å². The summed E-state index contributed by atoms with van der Waals surface area (Å²) in [5.41, 5.74) is 3.02. The minimum Gasteiger partial charge on any atom is -0.545 e. The number of rotatable bonds is 8. The summed E-state index contributed by atoms with van der Waals surface area (Å²) in [6.07, 6.45) is 4.17. The zero-order valence-corrected chi connectivity index (χ0v) is 20.6. The molecular formula is C30H24ClO6-. The van der Waals surface area contributed by atoms with Crippen LogP contribution in [0.15, 0.2) is 84.9 Å². The molecule has 5 rings (SSSR count). The predicted molar refractivity (Wildman–Crippen MR) is 136 cm³/mol. The number of carbonyl (C=O) groups is 3. The van der Waals surface area contributed by atoms with E-state index >= 15 is 0 Å². The van der Waals surface area contributed by atoms with Crippen molar-refractivity contribution in [3.8, 4) is 16.9 Å². The maximum absolute atomic E-state index is 12.6. The Hall–Kier alpha value is -3.90. The van der Waals surface area contributed by atoms with Crippen LogP contribution in [0.3, 0.4) is 0 Å². The average Bonchev–Trinajstić information content (AvgIpc) is 3.42. The number of benzene rings is 3. The van der Waals surface area contributed by atoms with Gasteiger partial charge in [0, 0.05) is 10.9 Å². The fourth-order valence-electron chi connectivity index (χ4n) is 5.40. The summed E-state index contributed by atoms with van der Waals surface area (Å²) >= 11 is 5.98. The molecule has 0 radical (unpaired) electrons. The highest BCUT2D eigenvalue weighted by Gasteiger charge is 2.49. The van der Waals surface area contributed by atoms with E-state index in [4.69, 9.17) is 21.1 Å². The number of hydrogen-bond acceptors (Lipinski definition) is 6. The predicted octanol–water partition coefficient (Wildman–Crippen LogP) is 4.61. The second-order valence-electron chi connectivity index (χ2n) is 9.34. The Morgan fingerprint density at radius 2 is 1.84 bits per heavy atom. The molecule has 2 fully saturated rings. The zero-order valence-electron chi connectivity index (χ0n) is 19.8. The summed E-state index contributed by atoms with van der Waals surface area (Å²) in [6, 6.07) is 21.4. The van der Waals surface area contributed by atoms with E-state index in [9.17, 15) is 19.5 Å². The lowest BCUT2D eigenvalue weighted by Crippen LogP contribution is -2.21. The van der Waals surface area contributed by atoms with E-state index in [0.29, 0.717) is 23.6 Å². The number of ether oxygens (including phenoxy) is 2. The number of carboxylic acid groups (broad SMARTS) is 1. The van der Waals surface area contributed by atoms with Crippen molar-refractivity contribution < 1.29 is 29.0 Å². The van der Waals surface area contributed by atoms with Crippen molar-refractivity contribution in [2.24, 2.45) is 11.8 Å². The van der Waals surface area contributed by atoms with Crippen molar-refractivity contribution in [2.45, 2.75) is 24.9 Å². The van der Waals surface area contributed by atoms with Gasteiger partial charge in [-0.1, -0.05) is 72.3 Å². The molecule has 0 spiro atoms. The molecule has 0 bridgehead atoms. The Labute approximate surface area is 219 Å². The van der Waals surface area contributed by atoms with Gasteiger partial charge in [-0.05, 0) is 64.8 Å². The number of carbonyl (C=O) groups excluding carboxylic acids is 3. The van der Waals surface area contributed by atoms with Gasteiger partial charge in [-0.2, -0.15) is 0 Å². The topological polar surface area (TPSA) is 92.7 Å². The minimum absolute atomic E-state index is 0.0121. The molecule has 7 heteroatoms. The van der Waals surface area contributed by atoms with Crippen LogP contribution in [0.1, 0.15) is 34.7 Å². The molecule has 1 saturated carbocycles. The Morgan fingerprint density at radius 3 is 2.59 bits per heavy atom. The standard InChI is InChI=1S/C30H25ClO6/c31-20-4-3-5-22(14-20)36-17-21(32)12-13-25-26(15-28-27(25)16-29(33)37-28)24-7-2-1-6-23(24)18-8-10-19(11-9-18)30(34)35/h1-14,25-28H,15-17H2,(H,34,35)/p-1. The van der Waals surface area contributed by atoms with Crippen molar-refractivity contribution in [1.29, 1.82) is 0 Å². The molecular weight excluding hydrogens is 492 g/mol. The highest BCUT2D eigenvalue weighted by Crippen LogP contribution is 2.51. The lowest BCUT2D eigenvalue weighted by atomic mass is 9.80. The van der Waals surface area contributed by atoms with E-state index < -0.39 is 5.97 Å². The van der Waals surface area contributed by atoms with Crippen LogP contribution in [0.25, 0.3) is 11.1 Å². The van der Waals surface area contributed by atoms with E-state index in [2.05, 4.69) is 0 Å². The Bertz CT molecular complexity index is 1360. The third-order valence-electron chi connectivity index (χ3n) is 7.08. The first kappa shape index (κ1) is 24.8. The van der Waals surface area contributed by atoms with E-state index in [0.717, 1.165) is 16.7 Å². The van der Waals surface area contributed by atoms with Crippen molar-refractivity contribution in [3.05, 3.63) is 101 Å². The fourth-order valence-corrected chi connectivity index (χ4v) is 5.58. The van der Waals surface area contributed by atoms with Gasteiger partial charge >= 0.3 is 5.97 Å². The molecule has 1 aliphatic heterocycles. The summed E-state index contributed by atoms with van der Waals surface area (Å²) in [5, 5.41) is 11.7. The van der Waals surface area contributed by atoms with E-state index in [1.54, 1.807) is 36.4 Å². The largest absolute Gasteiger partial charge is 0.545 e. The van der Waals surface area contributed by atoms with Gasteiger partial charge in [-0.15, -0.1) is 0 Å². The maximum atomic E-state index is 12.6. The summed E-state index contributed by atoms with van der Waals surface area (Å²) in [4.78, 5) is 35.9. The first-order valence-corrected chi connectivity index (χ1v) is 12.5. The van der Waals surface area contributed by atoms with Crippen LogP contribution in [0, 0.1) is 11.8 Å². The number of carboxylic acids is 1. The molecule has 188 valence electrons. The van der Waals surface area contributed by atoms with E-state index in [1.807, 2.05) is 30.3 Å². The molecule has 4 atom stereocenters. The van der Waals surface area contributed by atoms with Crippen molar-refractivity contribution in [2.75, 3.05) is 6.61 Å². The molecule has 0 N–H and O–H groups in total. The summed E-state index contributed by atoms with van der Waals surface area (Å²) in [7, 11) is 0. The third kappa shape index (κ3) is 5.44. The molecule has 3 aromatic carbocycles. The Balaban J connectivity index is 1.39. The van der Waals surface area contributed by atoms with Gasteiger partial charge in [0.1, 0.15) is 11.9 Å². The number of hydrogen-bond donors (Lipinski definition) is 0. The monoisotopic (exact) mass is 515 g/mol. The second-order valence-corrected chi connectivity index (χ2v) is 9.78. The maximum Gasteiger partial charge on any atom is 0.306 e. The van der Waals surface area contributed by atoms with Crippen LogP contribution < -0.4 is 9.84 Å². The molecule has 0 aromatic heterocycles. The zero-order chi connectivity index (χ0) is 25.9. The summed E-state index contributed by atoms with van der Waals surface area (Å²) < 4.78 is 11.2. The van der Waals surface area contributed by atoms with Crippen LogP contribution in [0.4, 0.5) is 0 Å². The van der Waals surface area contributed by atoms with Gasteiger partial charge in [0.2, 0.25) is 0 Å². The van der Waals surface area contributed by atoms with Crippen LogP contribution in [-0.4, -0.2) is 30.4 Å². The molecule has 6 nitrogen and oxygen atoms in total. The number of allylic oxidation sites excluding steroid dienone is 1. The van der Waals surface area contributed by atoms with Crippen molar-refractivity contribution in [1.82, 2.24) is 0 Å². The number of halogens is 1. The molecule has 0 amide bonds. The number of esters is 1. The van der Waals surface area contributed by atoms with Gasteiger partial charge in [0.25, 0.3) is 0 Å². The third-order valence-corrected chi connectivity index (χ3v) is 7.32. The normalized spacial score (nSPS) is 22.6. The van der Waals surface area contributed by atoms with Crippen molar-refractivity contribution in [3.63, 3.8) is 0 Å². The van der Waals surface area contributed by atoms with E-state index in [1.165, 1.54) is 18.2 Å². The summed E-state index contributed by atoms with van der Waals surface area (Å²) in [5.74, 6) is -1.22.